The SMILES string of the molecule is CNc1nc(COC(=N)N2CCC[C@@H]2C(F)(F)F)nc2c1C1(CCCC1)C(=O)N2c1cnc(N2CC3CC2CO3)nc1. The summed E-state index contributed by atoms with van der Waals surface area (Å²) in [6.07, 6.45) is 3.25. The summed E-state index contributed by atoms with van der Waals surface area (Å²) in [5.41, 5.74) is 0.375. The average Bonchev–Trinajstić information content (AvgIpc) is 3.82. The Bertz CT molecular complexity index is 1400. The normalized spacial score (nSPS) is 26.0. The van der Waals surface area contributed by atoms with Gasteiger partial charge in [0.15, 0.2) is 12.4 Å². The van der Waals surface area contributed by atoms with Gasteiger partial charge in [0.05, 0.1) is 47.8 Å². The van der Waals surface area contributed by atoms with E-state index in [1.54, 1.807) is 19.4 Å². The summed E-state index contributed by atoms with van der Waals surface area (Å²) in [6.45, 7) is 1.14. The number of morpholine rings is 1. The number of likely N-dealkylation sites (tertiary alicyclic amines) is 1. The maximum atomic E-state index is 14.2. The molecule has 1 amide bonds. The van der Waals surface area contributed by atoms with Crippen LogP contribution >= 0.6 is 0 Å². The molecule has 3 atom stereocenters. The Morgan fingerprint density at radius 2 is 1.98 bits per heavy atom. The second kappa shape index (κ2) is 9.92. The highest BCUT2D eigenvalue weighted by molar-refractivity contribution is 6.13. The molecule has 4 aliphatic heterocycles. The molecule has 5 aliphatic rings. The van der Waals surface area contributed by atoms with Crippen LogP contribution in [0.5, 0.6) is 0 Å². The van der Waals surface area contributed by atoms with E-state index in [0.29, 0.717) is 54.7 Å². The Hall–Kier alpha value is -3.75. The molecule has 2 unspecified atom stereocenters. The Balaban J connectivity index is 1.19. The number of rotatable bonds is 5. The maximum absolute atomic E-state index is 14.2. The monoisotopic (exact) mass is 587 g/mol. The number of amides is 1. The number of carbonyl (C=O) groups excluding carboxylic acids is 1. The Morgan fingerprint density at radius 3 is 2.62 bits per heavy atom. The molecule has 224 valence electrons. The molecule has 3 saturated heterocycles. The largest absolute Gasteiger partial charge is 0.457 e. The number of halogens is 3. The highest BCUT2D eigenvalue weighted by Gasteiger charge is 2.56. The lowest BCUT2D eigenvalue weighted by molar-refractivity contribution is -0.169. The van der Waals surface area contributed by atoms with Gasteiger partial charge >= 0.3 is 6.18 Å². The number of anilines is 4. The maximum Gasteiger partial charge on any atom is 0.408 e. The van der Waals surface area contributed by atoms with Crippen LogP contribution in [0.4, 0.5) is 36.4 Å². The van der Waals surface area contributed by atoms with E-state index in [0.717, 1.165) is 30.7 Å². The highest BCUT2D eigenvalue weighted by Crippen LogP contribution is 2.54. The van der Waals surface area contributed by atoms with Crippen LogP contribution < -0.4 is 15.1 Å². The number of nitrogens with zero attached hydrogens (tertiary/aromatic N) is 7. The minimum Gasteiger partial charge on any atom is -0.457 e. The fourth-order valence-corrected chi connectivity index (χ4v) is 7.23. The van der Waals surface area contributed by atoms with Gasteiger partial charge < -0.3 is 24.6 Å². The fourth-order valence-electron chi connectivity index (χ4n) is 7.23. The van der Waals surface area contributed by atoms with Crippen molar-refractivity contribution in [2.75, 3.05) is 41.9 Å². The van der Waals surface area contributed by atoms with E-state index < -0.39 is 23.7 Å². The van der Waals surface area contributed by atoms with Gasteiger partial charge in [-0.1, -0.05) is 12.8 Å². The molecule has 2 bridgehead atoms. The van der Waals surface area contributed by atoms with Gasteiger partial charge in [0.1, 0.15) is 17.7 Å². The first-order valence-electron chi connectivity index (χ1n) is 14.4. The summed E-state index contributed by atoms with van der Waals surface area (Å²) in [6, 6.07) is -2.08. The van der Waals surface area contributed by atoms with Crippen LogP contribution in [0, 0.1) is 5.41 Å². The molecule has 1 spiro atoms. The summed E-state index contributed by atoms with van der Waals surface area (Å²) < 4.78 is 51.5. The van der Waals surface area contributed by atoms with E-state index in [1.165, 1.54) is 4.90 Å². The van der Waals surface area contributed by atoms with Crippen LogP contribution in [0.1, 0.15) is 56.3 Å². The van der Waals surface area contributed by atoms with E-state index in [9.17, 15) is 18.0 Å². The van der Waals surface area contributed by atoms with Crippen molar-refractivity contribution in [2.45, 2.75) is 81.3 Å². The first kappa shape index (κ1) is 27.1. The van der Waals surface area contributed by atoms with Crippen molar-refractivity contribution in [3.05, 3.63) is 23.8 Å². The molecule has 42 heavy (non-hydrogen) atoms. The highest BCUT2D eigenvalue weighted by atomic mass is 19.4. The lowest BCUT2D eigenvalue weighted by Gasteiger charge is -2.27. The topological polar surface area (TPSA) is 133 Å². The Labute approximate surface area is 240 Å². The van der Waals surface area contributed by atoms with Gasteiger partial charge in [0.25, 0.3) is 6.02 Å². The fraction of sp³-hybridized carbons (Fsp3) is 0.630. The van der Waals surface area contributed by atoms with Crippen LogP contribution in [0.15, 0.2) is 12.4 Å². The second-order valence-corrected chi connectivity index (χ2v) is 11.6. The number of amidine groups is 1. The third kappa shape index (κ3) is 4.23. The number of hydrogen-bond acceptors (Lipinski definition) is 10. The summed E-state index contributed by atoms with van der Waals surface area (Å²) in [4.78, 5) is 37.2. The van der Waals surface area contributed by atoms with Crippen molar-refractivity contribution < 1.29 is 27.4 Å². The molecule has 0 radical (unpaired) electrons. The summed E-state index contributed by atoms with van der Waals surface area (Å²) in [5.74, 6) is 1.45. The van der Waals surface area contributed by atoms with Crippen molar-refractivity contribution in [3.8, 4) is 0 Å². The second-order valence-electron chi connectivity index (χ2n) is 11.6. The molecule has 1 saturated carbocycles. The van der Waals surface area contributed by atoms with Crippen molar-refractivity contribution in [3.63, 3.8) is 0 Å². The van der Waals surface area contributed by atoms with Gasteiger partial charge in [-0.25, -0.2) is 19.9 Å². The number of ether oxygens (including phenoxy) is 2. The number of nitrogens with one attached hydrogen (secondary N) is 2. The molecule has 6 heterocycles. The zero-order chi connectivity index (χ0) is 29.2. The molecule has 2 aromatic heterocycles. The van der Waals surface area contributed by atoms with Crippen LogP contribution in [0.3, 0.4) is 0 Å². The molecule has 12 nitrogen and oxygen atoms in total. The van der Waals surface area contributed by atoms with Crippen LogP contribution in [-0.2, 0) is 26.3 Å². The third-order valence-electron chi connectivity index (χ3n) is 9.20. The molecular weight excluding hydrogens is 555 g/mol. The van der Waals surface area contributed by atoms with Crippen molar-refractivity contribution >= 4 is 35.2 Å². The van der Waals surface area contributed by atoms with Gasteiger partial charge in [-0.15, -0.1) is 0 Å². The smallest absolute Gasteiger partial charge is 0.408 e. The minimum atomic E-state index is -4.45. The molecule has 2 aromatic rings. The van der Waals surface area contributed by atoms with E-state index in [1.807, 2.05) is 0 Å². The number of carbonyl (C=O) groups is 1. The molecule has 0 aromatic carbocycles. The Kier molecular flexibility index (Phi) is 6.40. The van der Waals surface area contributed by atoms with Crippen LogP contribution in [0.25, 0.3) is 0 Å². The predicted molar refractivity (Wildman–Crippen MR) is 145 cm³/mol. The Morgan fingerprint density at radius 1 is 1.21 bits per heavy atom. The van der Waals surface area contributed by atoms with E-state index >= 15 is 0 Å². The summed E-state index contributed by atoms with van der Waals surface area (Å²) >= 11 is 0. The molecule has 7 rings (SSSR count). The van der Waals surface area contributed by atoms with Gasteiger partial charge in [-0.3, -0.25) is 15.1 Å². The third-order valence-corrected chi connectivity index (χ3v) is 9.20. The molecule has 4 fully saturated rings. The van der Waals surface area contributed by atoms with Gasteiger partial charge in [-0.05, 0) is 32.1 Å². The quantitative estimate of drug-likeness (QED) is 0.397. The zero-order valence-electron chi connectivity index (χ0n) is 23.2. The van der Waals surface area contributed by atoms with Crippen molar-refractivity contribution in [1.82, 2.24) is 24.8 Å². The summed E-state index contributed by atoms with van der Waals surface area (Å²) in [7, 11) is 1.70. The lowest BCUT2D eigenvalue weighted by Crippen LogP contribution is -2.45. The minimum absolute atomic E-state index is 0.0821. The molecule has 15 heteroatoms. The van der Waals surface area contributed by atoms with Crippen LogP contribution in [-0.4, -0.2) is 87.9 Å². The van der Waals surface area contributed by atoms with Gasteiger partial charge in [-0.2, -0.15) is 13.2 Å². The summed E-state index contributed by atoms with van der Waals surface area (Å²) in [5, 5.41) is 11.3. The first-order valence-corrected chi connectivity index (χ1v) is 14.4. The standard InChI is InChI=1S/C27H32F3N9O3/c1-32-21-20-22(36-19(35-21)14-42-24(31)37-8-4-5-18(37)27(28,29)30)39(23(40)26(20)6-2-3-7-26)16-10-33-25(34-11-16)38-12-17-9-15(38)13-41-17/h10-11,15,17-18,31H,2-9,12-14H2,1H3,(H,32,35,36)/t15?,17?,18-/m1/s1. The number of hydrogen-bond donors (Lipinski definition) is 2. The van der Waals surface area contributed by atoms with E-state index in [-0.39, 0.29) is 43.4 Å². The average molecular weight is 588 g/mol. The zero-order valence-corrected chi connectivity index (χ0v) is 23.2. The molecule has 2 N–H and O–H groups in total. The molecular formula is C27H32F3N9O3. The van der Waals surface area contributed by atoms with Crippen molar-refractivity contribution in [1.29, 1.82) is 5.41 Å². The van der Waals surface area contributed by atoms with Crippen LogP contribution in [0.2, 0.25) is 0 Å². The van der Waals surface area contributed by atoms with Crippen molar-refractivity contribution in [2.24, 2.45) is 0 Å². The predicted octanol–water partition coefficient (Wildman–Crippen LogP) is 3.25. The van der Waals surface area contributed by atoms with Gasteiger partial charge in [0.2, 0.25) is 11.9 Å². The number of aromatic nitrogens is 4. The number of fused-ring (bicyclic) bond motifs is 4. The first-order chi connectivity index (χ1) is 20.2. The van der Waals surface area contributed by atoms with Gasteiger partial charge in [0, 0.05) is 20.1 Å². The lowest BCUT2D eigenvalue weighted by atomic mass is 9.80. The number of alkyl halides is 3. The van der Waals surface area contributed by atoms with E-state index in [4.69, 9.17) is 19.9 Å². The van der Waals surface area contributed by atoms with E-state index in [2.05, 4.69) is 25.2 Å². The molecule has 1 aliphatic carbocycles.